The average molecular weight is 425 g/mol. The van der Waals surface area contributed by atoms with E-state index in [4.69, 9.17) is 5.73 Å². The van der Waals surface area contributed by atoms with Crippen molar-refractivity contribution in [2.45, 2.75) is 17.2 Å². The van der Waals surface area contributed by atoms with Gasteiger partial charge in [0, 0.05) is 26.2 Å². The van der Waals surface area contributed by atoms with Crippen LogP contribution in [0.5, 0.6) is 0 Å². The molecule has 0 aliphatic carbocycles. The number of halogens is 1. The van der Waals surface area contributed by atoms with Crippen molar-refractivity contribution in [2.75, 3.05) is 26.2 Å². The molecule has 1 aliphatic rings. The van der Waals surface area contributed by atoms with Crippen molar-refractivity contribution in [3.8, 4) is 0 Å². The predicted octanol–water partition coefficient (Wildman–Crippen LogP) is 0.400. The van der Waals surface area contributed by atoms with Crippen LogP contribution in [0, 0.1) is 0 Å². The minimum atomic E-state index is -3.51. The number of thiophene rings is 1. The Morgan fingerprint density at radius 1 is 1.30 bits per heavy atom. The fraction of sp³-hybridized carbons (Fsp3) is 0.500. The van der Waals surface area contributed by atoms with Crippen LogP contribution in [0.4, 0.5) is 4.79 Å². The second kappa shape index (κ2) is 7.26. The molecule has 0 spiro atoms. The smallest absolute Gasteiger partial charge is 0.318 e. The number of nitrogens with zero attached hydrogens (tertiary/aromatic N) is 2. The number of rotatable bonds is 4. The minimum absolute atomic E-state index is 0.284. The van der Waals surface area contributed by atoms with E-state index < -0.39 is 28.0 Å². The van der Waals surface area contributed by atoms with Gasteiger partial charge < -0.3 is 5.73 Å². The van der Waals surface area contributed by atoms with E-state index in [1.165, 1.54) is 15.6 Å². The molecule has 11 heteroatoms. The molecule has 1 aromatic rings. The molecular weight excluding hydrogens is 408 g/mol. The highest BCUT2D eigenvalue weighted by Gasteiger charge is 2.32. The van der Waals surface area contributed by atoms with Gasteiger partial charge in [0.15, 0.2) is 0 Å². The van der Waals surface area contributed by atoms with Crippen LogP contribution in [0.25, 0.3) is 0 Å². The molecule has 1 aliphatic heterocycles. The van der Waals surface area contributed by atoms with Gasteiger partial charge in [0.2, 0.25) is 5.91 Å². The van der Waals surface area contributed by atoms with Crippen molar-refractivity contribution in [1.82, 2.24) is 14.5 Å². The zero-order valence-electron chi connectivity index (χ0n) is 12.4. The minimum Gasteiger partial charge on any atom is -0.351 e. The lowest BCUT2D eigenvalue weighted by atomic mass is 10.2. The highest BCUT2D eigenvalue weighted by Crippen LogP contribution is 2.29. The Labute approximate surface area is 146 Å². The summed E-state index contributed by atoms with van der Waals surface area (Å²) in [5.41, 5.74) is 4.93. The third-order valence-electron chi connectivity index (χ3n) is 3.59. The lowest BCUT2D eigenvalue weighted by Gasteiger charge is -2.36. The summed E-state index contributed by atoms with van der Waals surface area (Å²) >= 11 is 4.42. The predicted molar refractivity (Wildman–Crippen MR) is 89.5 cm³/mol. The number of imide groups is 1. The number of amides is 3. The van der Waals surface area contributed by atoms with Crippen LogP contribution in [-0.4, -0.2) is 61.8 Å². The number of urea groups is 1. The molecule has 8 nitrogen and oxygen atoms in total. The summed E-state index contributed by atoms with van der Waals surface area (Å²) in [6, 6.07) is 1.82. The second-order valence-corrected chi connectivity index (χ2v) is 9.66. The van der Waals surface area contributed by atoms with Gasteiger partial charge >= 0.3 is 6.03 Å². The fourth-order valence-corrected chi connectivity index (χ4v) is 5.87. The normalized spacial score (nSPS) is 18.5. The molecular formula is C12H17BrN4O4S2. The van der Waals surface area contributed by atoms with Crippen molar-refractivity contribution in [3.05, 3.63) is 15.9 Å². The standard InChI is InChI=1S/C12H17BrN4O4S2/c1-8(11(18)15-12(14)19)16-4-6-17(7-5-16)23(20,21)10-3-2-9(13)22-10/h2-3,8H,4-7H2,1H3,(H3,14,15,18,19). The molecule has 2 heterocycles. The lowest BCUT2D eigenvalue weighted by Crippen LogP contribution is -2.55. The Kier molecular flexibility index (Phi) is 5.79. The van der Waals surface area contributed by atoms with Gasteiger partial charge in [0.05, 0.1) is 9.83 Å². The van der Waals surface area contributed by atoms with Gasteiger partial charge in [0.25, 0.3) is 10.0 Å². The second-order valence-electron chi connectivity index (χ2n) is 5.03. The van der Waals surface area contributed by atoms with Gasteiger partial charge in [-0.2, -0.15) is 4.31 Å². The zero-order valence-corrected chi connectivity index (χ0v) is 15.6. The number of piperazine rings is 1. The third-order valence-corrected chi connectivity index (χ3v) is 7.58. The number of nitrogens with two attached hydrogens (primary N) is 1. The van der Waals surface area contributed by atoms with E-state index in [0.717, 1.165) is 3.79 Å². The zero-order chi connectivity index (χ0) is 17.2. The molecule has 1 atom stereocenters. The van der Waals surface area contributed by atoms with Gasteiger partial charge in [0.1, 0.15) is 4.21 Å². The number of carbonyl (C=O) groups is 2. The number of carbonyl (C=O) groups excluding carboxylic acids is 2. The van der Waals surface area contributed by atoms with Gasteiger partial charge in [-0.1, -0.05) is 0 Å². The Hall–Kier alpha value is -1.01. The number of hydrogen-bond donors (Lipinski definition) is 2. The molecule has 0 radical (unpaired) electrons. The highest BCUT2D eigenvalue weighted by molar-refractivity contribution is 9.11. The van der Waals surface area contributed by atoms with Crippen LogP contribution in [0.3, 0.4) is 0 Å². The van der Waals surface area contributed by atoms with Crippen molar-refractivity contribution < 1.29 is 18.0 Å². The summed E-state index contributed by atoms with van der Waals surface area (Å²) in [5, 5.41) is 2.03. The summed E-state index contributed by atoms with van der Waals surface area (Å²) in [4.78, 5) is 24.3. The van der Waals surface area contributed by atoms with E-state index in [1.54, 1.807) is 19.1 Å². The number of primary amides is 1. The van der Waals surface area contributed by atoms with Crippen molar-refractivity contribution in [2.24, 2.45) is 5.73 Å². The molecule has 1 unspecified atom stereocenters. The van der Waals surface area contributed by atoms with Crippen molar-refractivity contribution in [1.29, 1.82) is 0 Å². The summed E-state index contributed by atoms with van der Waals surface area (Å²) in [5.74, 6) is -0.490. The Balaban J connectivity index is 1.98. The van der Waals surface area contributed by atoms with E-state index >= 15 is 0 Å². The average Bonchev–Trinajstić information content (AvgIpc) is 2.93. The molecule has 1 aromatic heterocycles. The maximum absolute atomic E-state index is 12.5. The molecule has 3 amide bonds. The SMILES string of the molecule is CC(C(=O)NC(N)=O)N1CCN(S(=O)(=O)c2ccc(Br)s2)CC1. The van der Waals surface area contributed by atoms with Crippen LogP contribution in [0.1, 0.15) is 6.92 Å². The van der Waals surface area contributed by atoms with E-state index in [-0.39, 0.29) is 17.3 Å². The van der Waals surface area contributed by atoms with Crippen LogP contribution in [0.15, 0.2) is 20.1 Å². The first-order chi connectivity index (χ1) is 10.7. The van der Waals surface area contributed by atoms with E-state index in [2.05, 4.69) is 15.9 Å². The number of hydrogen-bond acceptors (Lipinski definition) is 6. The van der Waals surface area contributed by atoms with Gasteiger partial charge in [-0.05, 0) is 35.0 Å². The quantitative estimate of drug-likeness (QED) is 0.725. The van der Waals surface area contributed by atoms with Crippen LogP contribution >= 0.6 is 27.3 Å². The lowest BCUT2D eigenvalue weighted by molar-refractivity contribution is -0.125. The molecule has 2 rings (SSSR count). The largest absolute Gasteiger partial charge is 0.351 e. The first-order valence-electron chi connectivity index (χ1n) is 6.81. The monoisotopic (exact) mass is 424 g/mol. The molecule has 23 heavy (non-hydrogen) atoms. The van der Waals surface area contributed by atoms with E-state index in [9.17, 15) is 18.0 Å². The summed E-state index contributed by atoms with van der Waals surface area (Å²) < 4.78 is 27.5. The summed E-state index contributed by atoms with van der Waals surface area (Å²) in [7, 11) is -3.51. The number of sulfonamides is 1. The molecule has 0 bridgehead atoms. The Morgan fingerprint density at radius 3 is 2.39 bits per heavy atom. The van der Waals surface area contributed by atoms with Crippen LogP contribution in [-0.2, 0) is 14.8 Å². The van der Waals surface area contributed by atoms with Crippen molar-refractivity contribution >= 4 is 49.2 Å². The first kappa shape index (κ1) is 18.3. The van der Waals surface area contributed by atoms with Gasteiger partial charge in [-0.3, -0.25) is 15.0 Å². The number of nitrogens with one attached hydrogen (secondary N) is 1. The van der Waals surface area contributed by atoms with Crippen molar-refractivity contribution in [3.63, 3.8) is 0 Å². The molecule has 1 saturated heterocycles. The maximum atomic E-state index is 12.5. The molecule has 128 valence electrons. The molecule has 0 saturated carbocycles. The van der Waals surface area contributed by atoms with Crippen LogP contribution < -0.4 is 11.1 Å². The topological polar surface area (TPSA) is 113 Å². The summed E-state index contributed by atoms with van der Waals surface area (Å²) in [6.07, 6.45) is 0. The molecule has 0 aromatic carbocycles. The van der Waals surface area contributed by atoms with Crippen LogP contribution in [0.2, 0.25) is 0 Å². The first-order valence-corrected chi connectivity index (χ1v) is 9.86. The van der Waals surface area contributed by atoms with Gasteiger partial charge in [-0.15, -0.1) is 11.3 Å². The summed E-state index contributed by atoms with van der Waals surface area (Å²) in [6.45, 7) is 3.02. The highest BCUT2D eigenvalue weighted by atomic mass is 79.9. The van der Waals surface area contributed by atoms with E-state index in [0.29, 0.717) is 13.1 Å². The van der Waals surface area contributed by atoms with E-state index in [1.807, 2.05) is 10.2 Å². The maximum Gasteiger partial charge on any atom is 0.318 e. The molecule has 1 fully saturated rings. The Bertz CT molecular complexity index is 698. The van der Waals surface area contributed by atoms with Gasteiger partial charge in [-0.25, -0.2) is 13.2 Å². The third kappa shape index (κ3) is 4.29. The molecule has 3 N–H and O–H groups in total. The fourth-order valence-electron chi connectivity index (χ4n) is 2.29. The Morgan fingerprint density at radius 2 is 1.91 bits per heavy atom.